The Morgan fingerprint density at radius 3 is 2.71 bits per heavy atom. The number of rotatable bonds is 4. The molecule has 1 saturated heterocycles. The number of likely N-dealkylation sites (tertiary alicyclic amines) is 1. The van der Waals surface area contributed by atoms with Gasteiger partial charge in [0.2, 0.25) is 5.91 Å². The van der Waals surface area contributed by atoms with E-state index in [0.717, 1.165) is 25.7 Å². The molecule has 1 aliphatic heterocycles. The van der Waals surface area contributed by atoms with E-state index in [9.17, 15) is 14.0 Å². The zero-order chi connectivity index (χ0) is 17.1. The Labute approximate surface area is 141 Å². The number of hydrogen-bond acceptors (Lipinski definition) is 3. The van der Waals surface area contributed by atoms with Crippen LogP contribution >= 0.6 is 0 Å². The summed E-state index contributed by atoms with van der Waals surface area (Å²) in [5.41, 5.74) is -0.0988. The van der Waals surface area contributed by atoms with Gasteiger partial charge >= 0.3 is 0 Å². The van der Waals surface area contributed by atoms with E-state index in [0.29, 0.717) is 19.0 Å². The number of nitrogens with one attached hydrogen (secondary N) is 1. The predicted octanol–water partition coefficient (Wildman–Crippen LogP) is 2.50. The zero-order valence-electron chi connectivity index (χ0n) is 13.9. The van der Waals surface area contributed by atoms with Crippen LogP contribution in [0.1, 0.15) is 48.9 Å². The quantitative estimate of drug-likeness (QED) is 0.920. The second-order valence-corrected chi connectivity index (χ2v) is 6.46. The molecule has 3 rings (SSSR count). The normalized spacial score (nSPS) is 21.8. The molecule has 130 valence electrons. The molecule has 1 aromatic carbocycles. The van der Waals surface area contributed by atoms with E-state index >= 15 is 0 Å². The molecular formula is C18H23FN2O3. The van der Waals surface area contributed by atoms with Crippen molar-refractivity contribution in [3.8, 4) is 5.75 Å². The molecule has 1 N–H and O–H groups in total. The highest BCUT2D eigenvalue weighted by molar-refractivity contribution is 5.98. The highest BCUT2D eigenvalue weighted by atomic mass is 19.1. The SMILES string of the molecule is COc1cccc(C(=O)NC2CCN(C3CCCCC3)C2=O)c1F. The van der Waals surface area contributed by atoms with Crippen molar-refractivity contribution >= 4 is 11.8 Å². The van der Waals surface area contributed by atoms with Crippen LogP contribution in [0.3, 0.4) is 0 Å². The third kappa shape index (κ3) is 3.23. The summed E-state index contributed by atoms with van der Waals surface area (Å²) in [6.45, 7) is 0.662. The van der Waals surface area contributed by atoms with E-state index in [4.69, 9.17) is 4.74 Å². The number of carbonyl (C=O) groups excluding carboxylic acids is 2. The van der Waals surface area contributed by atoms with Crippen molar-refractivity contribution in [3.63, 3.8) is 0 Å². The molecule has 0 aromatic heterocycles. The summed E-state index contributed by atoms with van der Waals surface area (Å²) in [7, 11) is 1.35. The fraction of sp³-hybridized carbons (Fsp3) is 0.556. The Balaban J connectivity index is 1.66. The Hall–Kier alpha value is -2.11. The lowest BCUT2D eigenvalue weighted by molar-refractivity contribution is -0.131. The van der Waals surface area contributed by atoms with Gasteiger partial charge in [-0.2, -0.15) is 0 Å². The first kappa shape index (κ1) is 16.7. The van der Waals surface area contributed by atoms with Crippen LogP contribution in [0.25, 0.3) is 0 Å². The van der Waals surface area contributed by atoms with Crippen molar-refractivity contribution in [1.29, 1.82) is 0 Å². The average Bonchev–Trinajstić information content (AvgIpc) is 2.96. The van der Waals surface area contributed by atoms with Gasteiger partial charge in [-0.25, -0.2) is 4.39 Å². The highest BCUT2D eigenvalue weighted by Crippen LogP contribution is 2.27. The number of carbonyl (C=O) groups is 2. The first-order valence-corrected chi connectivity index (χ1v) is 8.55. The number of amides is 2. The van der Waals surface area contributed by atoms with Crippen molar-refractivity contribution in [1.82, 2.24) is 10.2 Å². The highest BCUT2D eigenvalue weighted by Gasteiger charge is 2.37. The van der Waals surface area contributed by atoms with Crippen LogP contribution in [0, 0.1) is 5.82 Å². The molecule has 24 heavy (non-hydrogen) atoms. The van der Waals surface area contributed by atoms with Crippen molar-refractivity contribution in [3.05, 3.63) is 29.6 Å². The van der Waals surface area contributed by atoms with Crippen LogP contribution in [-0.2, 0) is 4.79 Å². The summed E-state index contributed by atoms with van der Waals surface area (Å²) in [4.78, 5) is 26.8. The Kier molecular flexibility index (Phi) is 5.02. The molecule has 1 saturated carbocycles. The fourth-order valence-corrected chi connectivity index (χ4v) is 3.67. The smallest absolute Gasteiger partial charge is 0.255 e. The molecule has 1 unspecified atom stereocenters. The molecule has 2 amide bonds. The van der Waals surface area contributed by atoms with Crippen LogP contribution in [0.4, 0.5) is 4.39 Å². The van der Waals surface area contributed by atoms with Gasteiger partial charge in [-0.15, -0.1) is 0 Å². The standard InChI is InChI=1S/C18H23FN2O3/c1-24-15-9-5-8-13(16(15)19)17(22)20-14-10-11-21(18(14)23)12-6-3-2-4-7-12/h5,8-9,12,14H,2-4,6-7,10-11H2,1H3,(H,20,22). The summed E-state index contributed by atoms with van der Waals surface area (Å²) in [5, 5.41) is 2.68. The molecule has 2 fully saturated rings. The monoisotopic (exact) mass is 334 g/mol. The fourth-order valence-electron chi connectivity index (χ4n) is 3.67. The number of ether oxygens (including phenoxy) is 1. The molecule has 1 atom stereocenters. The minimum Gasteiger partial charge on any atom is -0.494 e. The van der Waals surface area contributed by atoms with Gasteiger partial charge in [0.15, 0.2) is 11.6 Å². The van der Waals surface area contributed by atoms with E-state index in [2.05, 4.69) is 5.32 Å². The first-order valence-electron chi connectivity index (χ1n) is 8.55. The summed E-state index contributed by atoms with van der Waals surface area (Å²) >= 11 is 0. The predicted molar refractivity (Wildman–Crippen MR) is 87.4 cm³/mol. The Morgan fingerprint density at radius 1 is 1.25 bits per heavy atom. The van der Waals surface area contributed by atoms with E-state index in [-0.39, 0.29) is 17.2 Å². The van der Waals surface area contributed by atoms with Crippen molar-refractivity contribution in [2.24, 2.45) is 0 Å². The van der Waals surface area contributed by atoms with Gasteiger partial charge < -0.3 is 15.0 Å². The first-order chi connectivity index (χ1) is 11.6. The lowest BCUT2D eigenvalue weighted by Gasteiger charge is -2.31. The van der Waals surface area contributed by atoms with Crippen LogP contribution in [-0.4, -0.2) is 42.5 Å². The summed E-state index contributed by atoms with van der Waals surface area (Å²) < 4.78 is 19.1. The van der Waals surface area contributed by atoms with Gasteiger partial charge in [0.05, 0.1) is 12.7 Å². The third-order valence-corrected chi connectivity index (χ3v) is 4.99. The van der Waals surface area contributed by atoms with Gasteiger partial charge in [0.25, 0.3) is 5.91 Å². The van der Waals surface area contributed by atoms with Crippen LogP contribution in [0.5, 0.6) is 5.75 Å². The zero-order valence-corrected chi connectivity index (χ0v) is 13.9. The van der Waals surface area contributed by atoms with E-state index in [1.807, 2.05) is 4.90 Å². The maximum atomic E-state index is 14.2. The molecule has 2 aliphatic rings. The van der Waals surface area contributed by atoms with Crippen LogP contribution in [0.15, 0.2) is 18.2 Å². The average molecular weight is 334 g/mol. The molecule has 5 nitrogen and oxygen atoms in total. The molecule has 0 radical (unpaired) electrons. The molecule has 0 bridgehead atoms. The lowest BCUT2D eigenvalue weighted by atomic mass is 9.94. The van der Waals surface area contributed by atoms with Gasteiger partial charge in [0, 0.05) is 12.6 Å². The van der Waals surface area contributed by atoms with E-state index < -0.39 is 17.8 Å². The summed E-state index contributed by atoms with van der Waals surface area (Å²) in [5.74, 6) is -1.30. The second kappa shape index (κ2) is 7.20. The topological polar surface area (TPSA) is 58.6 Å². The Morgan fingerprint density at radius 2 is 2.00 bits per heavy atom. The molecular weight excluding hydrogens is 311 g/mol. The minimum absolute atomic E-state index is 0.0178. The van der Waals surface area contributed by atoms with Gasteiger partial charge in [-0.1, -0.05) is 25.3 Å². The summed E-state index contributed by atoms with van der Waals surface area (Å²) in [6, 6.07) is 4.14. The summed E-state index contributed by atoms with van der Waals surface area (Å²) in [6.07, 6.45) is 6.19. The van der Waals surface area contributed by atoms with E-state index in [1.54, 1.807) is 6.07 Å². The minimum atomic E-state index is -0.702. The Bertz CT molecular complexity index is 629. The lowest BCUT2D eigenvalue weighted by Crippen LogP contribution is -2.45. The van der Waals surface area contributed by atoms with Crippen molar-refractivity contribution < 1.29 is 18.7 Å². The maximum absolute atomic E-state index is 14.2. The van der Waals surface area contributed by atoms with Gasteiger partial charge in [-0.3, -0.25) is 9.59 Å². The number of methoxy groups -OCH3 is 1. The molecule has 0 spiro atoms. The number of hydrogen-bond donors (Lipinski definition) is 1. The number of halogens is 1. The largest absolute Gasteiger partial charge is 0.494 e. The molecule has 1 aromatic rings. The van der Waals surface area contributed by atoms with Gasteiger partial charge in [-0.05, 0) is 31.4 Å². The molecule has 1 aliphatic carbocycles. The van der Waals surface area contributed by atoms with Gasteiger partial charge in [0.1, 0.15) is 6.04 Å². The third-order valence-electron chi connectivity index (χ3n) is 4.99. The maximum Gasteiger partial charge on any atom is 0.255 e. The number of benzene rings is 1. The molecule has 6 heteroatoms. The number of nitrogens with zero attached hydrogens (tertiary/aromatic N) is 1. The van der Waals surface area contributed by atoms with Crippen LogP contribution < -0.4 is 10.1 Å². The van der Waals surface area contributed by atoms with E-state index in [1.165, 1.54) is 25.7 Å². The van der Waals surface area contributed by atoms with Crippen molar-refractivity contribution in [2.45, 2.75) is 50.6 Å². The van der Waals surface area contributed by atoms with Crippen LogP contribution in [0.2, 0.25) is 0 Å². The molecule has 1 heterocycles. The van der Waals surface area contributed by atoms with Crippen molar-refractivity contribution in [2.75, 3.05) is 13.7 Å². The second-order valence-electron chi connectivity index (χ2n) is 6.46.